The summed E-state index contributed by atoms with van der Waals surface area (Å²) in [5.41, 5.74) is 21.7. The van der Waals surface area contributed by atoms with Gasteiger partial charge in [0.2, 0.25) is 0 Å². The zero-order chi connectivity index (χ0) is 46.0. The van der Waals surface area contributed by atoms with E-state index in [2.05, 4.69) is 237 Å². The second-order valence-corrected chi connectivity index (χ2v) is 22.1. The molecule has 9 aromatic rings. The van der Waals surface area contributed by atoms with Crippen molar-refractivity contribution in [2.24, 2.45) is 0 Å². The molecule has 326 valence electrons. The molecule has 0 spiro atoms. The van der Waals surface area contributed by atoms with Crippen LogP contribution in [-0.2, 0) is 16.2 Å². The fraction of sp³-hybridized carbons (Fsp3) is 0.213. The molecule has 0 saturated carbocycles. The van der Waals surface area contributed by atoms with Crippen LogP contribution in [0.5, 0.6) is 0 Å². The van der Waals surface area contributed by atoms with E-state index in [1.54, 1.807) is 0 Å². The van der Waals surface area contributed by atoms with Gasteiger partial charge in [0.05, 0.1) is 17.1 Å². The molecule has 0 bridgehead atoms. The highest BCUT2D eigenvalue weighted by Crippen LogP contribution is 2.52. The highest BCUT2D eigenvalue weighted by Gasteiger charge is 2.45. The van der Waals surface area contributed by atoms with Gasteiger partial charge in [0, 0.05) is 44.0 Å². The molecule has 5 heteroatoms. The van der Waals surface area contributed by atoms with Crippen LogP contribution in [0.15, 0.2) is 162 Å². The molecule has 0 N–H and O–H groups in total. The average Bonchev–Trinajstić information content (AvgIpc) is 3.67. The van der Waals surface area contributed by atoms with Crippen molar-refractivity contribution in [3.63, 3.8) is 0 Å². The summed E-state index contributed by atoms with van der Waals surface area (Å²) in [5.74, 6) is 0. The number of rotatable bonds is 4. The Balaban J connectivity index is 1.27. The standard InChI is InChI=1S/C61H56BClN2O/c1-37-31-53-56-54(32-37)65(51-29-22-41(60(5,6)7)34-46(51)39-19-15-12-16-20-39)57-49(27-25-44-47-35-42(61(8,9)10)23-30-55(47)66-58(44)57)62(56)48-26-24-43(63)36-52(48)64(53)50-28-21-40(59(2,3)4)33-45(50)38-17-13-11-14-18-38/h11-36H,1-10H3. The van der Waals surface area contributed by atoms with Gasteiger partial charge in [-0.25, -0.2) is 0 Å². The molecular weight excluding hydrogens is 823 g/mol. The van der Waals surface area contributed by atoms with Crippen LogP contribution >= 0.6 is 11.6 Å². The van der Waals surface area contributed by atoms with Crippen molar-refractivity contribution in [1.29, 1.82) is 0 Å². The number of fused-ring (bicyclic) bond motifs is 8. The summed E-state index contributed by atoms with van der Waals surface area (Å²) < 4.78 is 7.21. The normalized spacial score (nSPS) is 13.6. The van der Waals surface area contributed by atoms with Crippen molar-refractivity contribution in [2.75, 3.05) is 9.80 Å². The van der Waals surface area contributed by atoms with Crippen molar-refractivity contribution < 1.29 is 4.42 Å². The maximum atomic E-state index is 7.21. The molecule has 0 fully saturated rings. The third-order valence-electron chi connectivity index (χ3n) is 14.0. The van der Waals surface area contributed by atoms with E-state index >= 15 is 0 Å². The molecule has 3 nitrogen and oxygen atoms in total. The number of furan rings is 1. The highest BCUT2D eigenvalue weighted by molar-refractivity contribution is 7.00. The molecule has 3 heterocycles. The fourth-order valence-electron chi connectivity index (χ4n) is 10.5. The molecule has 0 atom stereocenters. The number of hydrogen-bond donors (Lipinski definition) is 0. The first-order valence-corrected chi connectivity index (χ1v) is 23.8. The van der Waals surface area contributed by atoms with Crippen molar-refractivity contribution in [3.8, 4) is 22.3 Å². The van der Waals surface area contributed by atoms with Crippen LogP contribution in [0.25, 0.3) is 44.2 Å². The van der Waals surface area contributed by atoms with Crippen molar-refractivity contribution in [1.82, 2.24) is 0 Å². The van der Waals surface area contributed by atoms with Crippen LogP contribution in [0, 0.1) is 6.92 Å². The first-order chi connectivity index (χ1) is 31.5. The van der Waals surface area contributed by atoms with E-state index in [0.29, 0.717) is 5.02 Å². The van der Waals surface area contributed by atoms with Crippen molar-refractivity contribution in [2.45, 2.75) is 85.5 Å². The van der Waals surface area contributed by atoms with Gasteiger partial charge in [0.1, 0.15) is 5.58 Å². The number of halogens is 1. The number of anilines is 6. The lowest BCUT2D eigenvalue weighted by molar-refractivity contribution is 0.590. The molecule has 1 aromatic heterocycles. The summed E-state index contributed by atoms with van der Waals surface area (Å²) in [6.45, 7) is 22.7. The lowest BCUT2D eigenvalue weighted by atomic mass is 9.33. The topological polar surface area (TPSA) is 19.6 Å². The Hall–Kier alpha value is -6.49. The summed E-state index contributed by atoms with van der Waals surface area (Å²) >= 11 is 7.11. The van der Waals surface area contributed by atoms with Gasteiger partial charge in [-0.2, -0.15) is 0 Å². The summed E-state index contributed by atoms with van der Waals surface area (Å²) in [6, 6.07) is 58.6. The zero-order valence-corrected chi connectivity index (χ0v) is 40.5. The smallest absolute Gasteiger partial charge is 0.252 e. The van der Waals surface area contributed by atoms with E-state index < -0.39 is 0 Å². The Morgan fingerprint density at radius 2 is 0.970 bits per heavy atom. The van der Waals surface area contributed by atoms with Gasteiger partial charge in [-0.1, -0.05) is 171 Å². The fourth-order valence-corrected chi connectivity index (χ4v) is 10.6. The lowest BCUT2D eigenvalue weighted by Gasteiger charge is -2.45. The largest absolute Gasteiger partial charge is 0.454 e. The predicted molar refractivity (Wildman–Crippen MR) is 284 cm³/mol. The third kappa shape index (κ3) is 6.79. The Bertz CT molecular complexity index is 3400. The van der Waals surface area contributed by atoms with E-state index in [1.807, 2.05) is 0 Å². The highest BCUT2D eigenvalue weighted by atomic mass is 35.5. The minimum atomic E-state index is -0.115. The van der Waals surface area contributed by atoms with Crippen molar-refractivity contribution in [3.05, 3.63) is 185 Å². The minimum absolute atomic E-state index is 0.0172. The Labute approximate surface area is 395 Å². The molecular formula is C61H56BClN2O. The summed E-state index contributed by atoms with van der Waals surface area (Å²) in [7, 11) is 0. The second-order valence-electron chi connectivity index (χ2n) is 21.7. The Kier molecular flexibility index (Phi) is 9.60. The molecule has 2 aliphatic rings. The van der Waals surface area contributed by atoms with E-state index in [4.69, 9.17) is 16.0 Å². The van der Waals surface area contributed by atoms with E-state index in [-0.39, 0.29) is 23.0 Å². The average molecular weight is 879 g/mol. The molecule has 66 heavy (non-hydrogen) atoms. The molecule has 11 rings (SSSR count). The first kappa shape index (κ1) is 42.2. The number of aryl methyl sites for hydroxylation is 1. The molecule has 0 radical (unpaired) electrons. The van der Waals surface area contributed by atoms with Crippen LogP contribution in [0.3, 0.4) is 0 Å². The summed E-state index contributed by atoms with van der Waals surface area (Å²) in [5, 5.41) is 2.95. The Morgan fingerprint density at radius 3 is 1.55 bits per heavy atom. The first-order valence-electron chi connectivity index (χ1n) is 23.4. The number of hydrogen-bond acceptors (Lipinski definition) is 3. The molecule has 0 aliphatic carbocycles. The third-order valence-corrected chi connectivity index (χ3v) is 14.3. The Morgan fingerprint density at radius 1 is 0.455 bits per heavy atom. The van der Waals surface area contributed by atoms with Gasteiger partial charge >= 0.3 is 0 Å². The molecule has 0 unspecified atom stereocenters. The maximum absolute atomic E-state index is 7.21. The van der Waals surface area contributed by atoms with Gasteiger partial charge in [-0.15, -0.1) is 0 Å². The number of benzene rings is 8. The van der Waals surface area contributed by atoms with Gasteiger partial charge in [0.15, 0.2) is 5.58 Å². The maximum Gasteiger partial charge on any atom is 0.252 e. The van der Waals surface area contributed by atoms with Crippen LogP contribution in [0.2, 0.25) is 5.02 Å². The molecule has 0 saturated heterocycles. The van der Waals surface area contributed by atoms with E-state index in [0.717, 1.165) is 61.6 Å². The zero-order valence-electron chi connectivity index (χ0n) is 39.8. The van der Waals surface area contributed by atoms with Gasteiger partial charge in [0.25, 0.3) is 6.71 Å². The molecule has 0 amide bonds. The van der Waals surface area contributed by atoms with Crippen LogP contribution in [0.4, 0.5) is 34.1 Å². The number of nitrogens with zero attached hydrogens (tertiary/aromatic N) is 2. The molecule has 8 aromatic carbocycles. The predicted octanol–water partition coefficient (Wildman–Crippen LogP) is 15.9. The molecule has 2 aliphatic heterocycles. The van der Waals surface area contributed by atoms with E-state index in [1.165, 1.54) is 55.3 Å². The van der Waals surface area contributed by atoms with Crippen LogP contribution in [0.1, 0.15) is 84.6 Å². The van der Waals surface area contributed by atoms with Crippen LogP contribution in [-0.4, -0.2) is 6.71 Å². The summed E-state index contributed by atoms with van der Waals surface area (Å²) in [6.07, 6.45) is 0. The second kappa shape index (κ2) is 15.0. The SMILES string of the molecule is Cc1cc2c3c(c1)N(c1ccc(C(C)(C)C)cc1-c1ccccc1)c1c(ccc4c1oc1ccc(C(C)(C)C)cc14)B3c1ccc(Cl)cc1N2c1ccc(C(C)(C)C)cc1-c1ccccc1. The minimum Gasteiger partial charge on any atom is -0.454 e. The van der Waals surface area contributed by atoms with Gasteiger partial charge < -0.3 is 14.2 Å². The van der Waals surface area contributed by atoms with Gasteiger partial charge in [-0.3, -0.25) is 0 Å². The van der Waals surface area contributed by atoms with Gasteiger partial charge in [-0.05, 0) is 134 Å². The van der Waals surface area contributed by atoms with Crippen LogP contribution < -0.4 is 26.2 Å². The van der Waals surface area contributed by atoms with E-state index in [9.17, 15) is 0 Å². The monoisotopic (exact) mass is 878 g/mol. The summed E-state index contributed by atoms with van der Waals surface area (Å²) in [4.78, 5) is 5.04. The van der Waals surface area contributed by atoms with Crippen molar-refractivity contribution >= 4 is 90.8 Å². The quantitative estimate of drug-likeness (QED) is 0.164. The lowest BCUT2D eigenvalue weighted by Crippen LogP contribution is -2.61.